The molecular formula is C19H15BrN2O3S. The van der Waals surface area contributed by atoms with Gasteiger partial charge in [-0.2, -0.15) is 0 Å². The molecule has 0 saturated carbocycles. The minimum Gasteiger partial charge on any atom is -0.488 e. The number of thiocarbonyl (C=S) groups is 1. The molecule has 132 valence electrons. The number of ether oxygens (including phenoxy) is 1. The van der Waals surface area contributed by atoms with E-state index in [0.717, 1.165) is 15.6 Å². The molecule has 2 aromatic carbocycles. The highest BCUT2D eigenvalue weighted by Crippen LogP contribution is 2.27. The average Bonchev–Trinajstić information content (AvgIpc) is 2.57. The number of carbonyl (C=O) groups is 2. The minimum atomic E-state index is -0.539. The first-order valence-electron chi connectivity index (χ1n) is 7.78. The molecule has 1 aliphatic rings. The second kappa shape index (κ2) is 7.80. The van der Waals surface area contributed by atoms with Gasteiger partial charge in [0.2, 0.25) is 0 Å². The number of benzene rings is 2. The number of halogens is 1. The quantitative estimate of drug-likeness (QED) is 0.443. The van der Waals surface area contributed by atoms with E-state index in [1.807, 2.05) is 37.3 Å². The molecule has 1 saturated heterocycles. The van der Waals surface area contributed by atoms with Gasteiger partial charge in [0.25, 0.3) is 11.8 Å². The fourth-order valence-corrected chi connectivity index (χ4v) is 3.05. The molecule has 2 amide bonds. The van der Waals surface area contributed by atoms with Gasteiger partial charge in [0, 0.05) is 10.0 Å². The van der Waals surface area contributed by atoms with Crippen LogP contribution < -0.4 is 15.4 Å². The van der Waals surface area contributed by atoms with Crippen LogP contribution in [-0.2, 0) is 16.2 Å². The summed E-state index contributed by atoms with van der Waals surface area (Å²) in [4.78, 5) is 24.1. The van der Waals surface area contributed by atoms with E-state index in [1.54, 1.807) is 12.1 Å². The zero-order chi connectivity index (χ0) is 18.7. The molecule has 2 aromatic rings. The van der Waals surface area contributed by atoms with Crippen molar-refractivity contribution in [3.05, 3.63) is 69.2 Å². The highest BCUT2D eigenvalue weighted by Gasteiger charge is 2.26. The maximum absolute atomic E-state index is 12.1. The number of amides is 2. The predicted octanol–water partition coefficient (Wildman–Crippen LogP) is 3.25. The minimum absolute atomic E-state index is 0.00214. The normalized spacial score (nSPS) is 13.9. The number of hydrogen-bond acceptors (Lipinski definition) is 4. The van der Waals surface area contributed by atoms with Crippen molar-refractivity contribution in [1.82, 2.24) is 10.6 Å². The van der Waals surface area contributed by atoms with Crippen LogP contribution >= 0.6 is 28.1 Å². The summed E-state index contributed by atoms with van der Waals surface area (Å²) in [6.07, 6.45) is 1.49. The molecule has 3 rings (SSSR count). The van der Waals surface area contributed by atoms with Crippen LogP contribution in [0.15, 0.2) is 52.5 Å². The van der Waals surface area contributed by atoms with E-state index >= 15 is 0 Å². The average molecular weight is 431 g/mol. The van der Waals surface area contributed by atoms with E-state index < -0.39 is 11.8 Å². The maximum atomic E-state index is 12.1. The van der Waals surface area contributed by atoms with Crippen LogP contribution in [0.5, 0.6) is 5.75 Å². The Morgan fingerprint density at radius 2 is 1.85 bits per heavy atom. The fraction of sp³-hybridized carbons (Fsp3) is 0.105. The van der Waals surface area contributed by atoms with Gasteiger partial charge in [0.05, 0.1) is 0 Å². The molecule has 2 N–H and O–H groups in total. The summed E-state index contributed by atoms with van der Waals surface area (Å²) in [7, 11) is 0. The Hall–Kier alpha value is -2.51. The lowest BCUT2D eigenvalue weighted by atomic mass is 10.1. The lowest BCUT2D eigenvalue weighted by Gasteiger charge is -2.17. The highest BCUT2D eigenvalue weighted by molar-refractivity contribution is 9.10. The molecule has 0 unspecified atom stereocenters. The van der Waals surface area contributed by atoms with Crippen molar-refractivity contribution in [2.45, 2.75) is 13.5 Å². The van der Waals surface area contributed by atoms with Gasteiger partial charge in [0.15, 0.2) is 5.11 Å². The predicted molar refractivity (Wildman–Crippen MR) is 107 cm³/mol. The summed E-state index contributed by atoms with van der Waals surface area (Å²) in [5.74, 6) is -0.511. The molecule has 0 atom stereocenters. The molecule has 0 bridgehead atoms. The Kier molecular flexibility index (Phi) is 5.49. The van der Waals surface area contributed by atoms with Crippen LogP contribution in [0.25, 0.3) is 6.08 Å². The van der Waals surface area contributed by atoms with Gasteiger partial charge >= 0.3 is 0 Å². The molecular weight excluding hydrogens is 416 g/mol. The SMILES string of the molecule is Cc1cccc(COc2ccc(Br)cc2C=C2C(=O)NC(=S)NC2=O)c1. The smallest absolute Gasteiger partial charge is 0.263 e. The summed E-state index contributed by atoms with van der Waals surface area (Å²) in [6.45, 7) is 2.39. The van der Waals surface area contributed by atoms with Crippen LogP contribution in [0.3, 0.4) is 0 Å². The third-order valence-electron chi connectivity index (χ3n) is 3.69. The molecule has 0 spiro atoms. The zero-order valence-corrected chi connectivity index (χ0v) is 16.2. The molecule has 1 fully saturated rings. The number of nitrogens with one attached hydrogen (secondary N) is 2. The molecule has 5 nitrogen and oxygen atoms in total. The Bertz CT molecular complexity index is 918. The van der Waals surface area contributed by atoms with E-state index in [4.69, 9.17) is 17.0 Å². The lowest BCUT2D eigenvalue weighted by molar-refractivity contribution is -0.123. The largest absolute Gasteiger partial charge is 0.488 e. The number of carbonyl (C=O) groups excluding carboxylic acids is 2. The van der Waals surface area contributed by atoms with Crippen LogP contribution in [0, 0.1) is 6.92 Å². The van der Waals surface area contributed by atoms with Crippen molar-refractivity contribution in [2.24, 2.45) is 0 Å². The molecule has 0 radical (unpaired) electrons. The monoisotopic (exact) mass is 430 g/mol. The molecule has 1 aliphatic heterocycles. The van der Waals surface area contributed by atoms with Crippen molar-refractivity contribution in [2.75, 3.05) is 0 Å². The van der Waals surface area contributed by atoms with E-state index in [9.17, 15) is 9.59 Å². The van der Waals surface area contributed by atoms with Gasteiger partial charge in [-0.15, -0.1) is 0 Å². The maximum Gasteiger partial charge on any atom is 0.263 e. The second-order valence-corrected chi connectivity index (χ2v) is 7.08. The second-order valence-electron chi connectivity index (χ2n) is 5.76. The van der Waals surface area contributed by atoms with Gasteiger partial charge in [-0.3, -0.25) is 20.2 Å². The number of hydrogen-bond donors (Lipinski definition) is 2. The standard InChI is InChI=1S/C19H15BrN2O3S/c1-11-3-2-4-12(7-11)10-25-16-6-5-14(20)8-13(16)9-15-17(23)21-19(26)22-18(15)24/h2-9H,10H2,1H3,(H2,21,22,23,24,26). The zero-order valence-electron chi connectivity index (χ0n) is 13.8. The topological polar surface area (TPSA) is 67.4 Å². The first-order chi connectivity index (χ1) is 12.4. The van der Waals surface area contributed by atoms with E-state index in [2.05, 4.69) is 26.6 Å². The Labute approximate surface area is 164 Å². The Balaban J connectivity index is 1.88. The van der Waals surface area contributed by atoms with Gasteiger partial charge in [-0.05, 0) is 49.0 Å². The van der Waals surface area contributed by atoms with Gasteiger partial charge in [0.1, 0.15) is 17.9 Å². The van der Waals surface area contributed by atoms with Gasteiger partial charge in [-0.1, -0.05) is 45.8 Å². The van der Waals surface area contributed by atoms with Crippen LogP contribution in [0.2, 0.25) is 0 Å². The van der Waals surface area contributed by atoms with Crippen LogP contribution in [0.4, 0.5) is 0 Å². The molecule has 7 heteroatoms. The summed E-state index contributed by atoms with van der Waals surface area (Å²) < 4.78 is 6.72. The molecule has 0 aliphatic carbocycles. The van der Waals surface area contributed by atoms with Crippen molar-refractivity contribution in [3.8, 4) is 5.75 Å². The van der Waals surface area contributed by atoms with Crippen molar-refractivity contribution in [1.29, 1.82) is 0 Å². The third kappa shape index (κ3) is 4.36. The van der Waals surface area contributed by atoms with E-state index in [-0.39, 0.29) is 10.7 Å². The van der Waals surface area contributed by atoms with Gasteiger partial charge < -0.3 is 4.74 Å². The van der Waals surface area contributed by atoms with Crippen molar-refractivity contribution in [3.63, 3.8) is 0 Å². The number of rotatable bonds is 4. The molecule has 0 aromatic heterocycles. The summed E-state index contributed by atoms with van der Waals surface area (Å²) in [6, 6.07) is 13.4. The Morgan fingerprint density at radius 1 is 1.12 bits per heavy atom. The van der Waals surface area contributed by atoms with E-state index in [1.165, 1.54) is 6.08 Å². The van der Waals surface area contributed by atoms with Crippen LogP contribution in [-0.4, -0.2) is 16.9 Å². The first-order valence-corrected chi connectivity index (χ1v) is 8.99. The molecule has 1 heterocycles. The van der Waals surface area contributed by atoms with E-state index in [0.29, 0.717) is 17.9 Å². The highest BCUT2D eigenvalue weighted by atomic mass is 79.9. The third-order valence-corrected chi connectivity index (χ3v) is 4.39. The summed E-state index contributed by atoms with van der Waals surface area (Å²) in [5.41, 5.74) is 2.76. The first kappa shape index (κ1) is 18.3. The number of aryl methyl sites for hydroxylation is 1. The Morgan fingerprint density at radius 3 is 2.54 bits per heavy atom. The molecule has 26 heavy (non-hydrogen) atoms. The fourth-order valence-electron chi connectivity index (χ4n) is 2.49. The van der Waals surface area contributed by atoms with Crippen molar-refractivity contribution >= 4 is 51.2 Å². The summed E-state index contributed by atoms with van der Waals surface area (Å²) >= 11 is 8.21. The lowest BCUT2D eigenvalue weighted by Crippen LogP contribution is -2.51. The van der Waals surface area contributed by atoms with Crippen molar-refractivity contribution < 1.29 is 14.3 Å². The summed E-state index contributed by atoms with van der Waals surface area (Å²) in [5, 5.41) is 4.84. The van der Waals surface area contributed by atoms with Gasteiger partial charge in [-0.25, -0.2) is 0 Å². The van der Waals surface area contributed by atoms with Crippen LogP contribution in [0.1, 0.15) is 16.7 Å².